The summed E-state index contributed by atoms with van der Waals surface area (Å²) >= 11 is 1.52. The fourth-order valence-electron chi connectivity index (χ4n) is 3.23. The maximum atomic E-state index is 13.0. The molecule has 1 N–H and O–H groups in total. The molecule has 0 saturated carbocycles. The quantitative estimate of drug-likeness (QED) is 0.774. The number of aryl methyl sites for hydroxylation is 1. The van der Waals surface area contributed by atoms with Gasteiger partial charge in [0.1, 0.15) is 6.04 Å². The Morgan fingerprint density at radius 2 is 1.74 bits per heavy atom. The SMILES string of the molecule is Cc1nc(C(C)NC(=O)C(CC(C)C)N2C(=O)c3ccccc3C2=O)cs1. The Morgan fingerprint density at radius 3 is 2.22 bits per heavy atom. The zero-order valence-electron chi connectivity index (χ0n) is 15.9. The number of hydrogen-bond donors (Lipinski definition) is 1. The Bertz CT molecular complexity index is 855. The number of benzene rings is 1. The van der Waals surface area contributed by atoms with Crippen LogP contribution in [0.3, 0.4) is 0 Å². The highest BCUT2D eigenvalue weighted by molar-refractivity contribution is 7.09. The zero-order chi connectivity index (χ0) is 19.7. The van der Waals surface area contributed by atoms with E-state index < -0.39 is 17.9 Å². The largest absolute Gasteiger partial charge is 0.346 e. The maximum absolute atomic E-state index is 13.0. The molecule has 2 unspecified atom stereocenters. The van der Waals surface area contributed by atoms with E-state index in [1.807, 2.05) is 33.1 Å². The third-order valence-electron chi connectivity index (χ3n) is 4.57. The molecule has 3 rings (SSSR count). The first-order chi connectivity index (χ1) is 12.8. The summed E-state index contributed by atoms with van der Waals surface area (Å²) < 4.78 is 0. The first kappa shape index (κ1) is 19.2. The van der Waals surface area contributed by atoms with Gasteiger partial charge in [0.2, 0.25) is 5.91 Å². The van der Waals surface area contributed by atoms with Crippen molar-refractivity contribution in [3.63, 3.8) is 0 Å². The zero-order valence-corrected chi connectivity index (χ0v) is 16.7. The van der Waals surface area contributed by atoms with E-state index in [0.29, 0.717) is 17.5 Å². The van der Waals surface area contributed by atoms with Crippen molar-refractivity contribution in [1.82, 2.24) is 15.2 Å². The lowest BCUT2D eigenvalue weighted by Crippen LogP contribution is -2.50. The molecule has 7 heteroatoms. The number of aromatic nitrogens is 1. The van der Waals surface area contributed by atoms with Crippen LogP contribution in [0.4, 0.5) is 0 Å². The summed E-state index contributed by atoms with van der Waals surface area (Å²) in [5.41, 5.74) is 1.48. The Labute approximate surface area is 162 Å². The molecule has 27 heavy (non-hydrogen) atoms. The first-order valence-corrected chi connectivity index (χ1v) is 9.87. The van der Waals surface area contributed by atoms with Gasteiger partial charge in [0, 0.05) is 5.38 Å². The molecule has 2 aromatic rings. The van der Waals surface area contributed by atoms with Crippen LogP contribution in [0.15, 0.2) is 29.6 Å². The number of fused-ring (bicyclic) bond motifs is 1. The van der Waals surface area contributed by atoms with Crippen molar-refractivity contribution >= 4 is 29.1 Å². The number of nitrogens with zero attached hydrogens (tertiary/aromatic N) is 2. The summed E-state index contributed by atoms with van der Waals surface area (Å²) in [6.07, 6.45) is 0.403. The van der Waals surface area contributed by atoms with Crippen molar-refractivity contribution < 1.29 is 14.4 Å². The van der Waals surface area contributed by atoms with E-state index in [1.165, 1.54) is 11.3 Å². The van der Waals surface area contributed by atoms with Crippen molar-refractivity contribution in [3.8, 4) is 0 Å². The van der Waals surface area contributed by atoms with Crippen LogP contribution in [0.5, 0.6) is 0 Å². The van der Waals surface area contributed by atoms with Gasteiger partial charge in [0.15, 0.2) is 0 Å². The van der Waals surface area contributed by atoms with Crippen LogP contribution in [0.1, 0.15) is 64.7 Å². The predicted octanol–water partition coefficient (Wildman–Crippen LogP) is 3.34. The van der Waals surface area contributed by atoms with Gasteiger partial charge in [0.25, 0.3) is 11.8 Å². The number of amides is 3. The summed E-state index contributed by atoms with van der Waals surface area (Å²) in [5, 5.41) is 5.74. The molecular weight excluding hydrogens is 362 g/mol. The van der Waals surface area contributed by atoms with Gasteiger partial charge in [-0.3, -0.25) is 19.3 Å². The molecule has 0 spiro atoms. The molecule has 142 valence electrons. The molecule has 2 atom stereocenters. The molecule has 1 aromatic heterocycles. The summed E-state index contributed by atoms with van der Waals surface area (Å²) in [7, 11) is 0. The molecule has 1 aliphatic heterocycles. The highest BCUT2D eigenvalue weighted by Crippen LogP contribution is 2.27. The number of imide groups is 1. The molecule has 0 bridgehead atoms. The molecule has 3 amide bonds. The topological polar surface area (TPSA) is 79.4 Å². The van der Waals surface area contributed by atoms with Crippen molar-refractivity contribution in [2.45, 2.75) is 46.2 Å². The molecule has 0 fully saturated rings. The van der Waals surface area contributed by atoms with E-state index in [4.69, 9.17) is 0 Å². The number of carbonyl (C=O) groups excluding carboxylic acids is 3. The molecule has 2 heterocycles. The minimum atomic E-state index is -0.848. The highest BCUT2D eigenvalue weighted by Gasteiger charge is 2.43. The Kier molecular flexibility index (Phi) is 5.41. The van der Waals surface area contributed by atoms with E-state index >= 15 is 0 Å². The van der Waals surface area contributed by atoms with Crippen molar-refractivity contribution in [3.05, 3.63) is 51.5 Å². The highest BCUT2D eigenvalue weighted by atomic mass is 32.1. The second-order valence-corrected chi connectivity index (χ2v) is 8.26. The number of carbonyl (C=O) groups is 3. The smallest absolute Gasteiger partial charge is 0.262 e. The van der Waals surface area contributed by atoms with E-state index in [9.17, 15) is 14.4 Å². The summed E-state index contributed by atoms with van der Waals surface area (Å²) in [6.45, 7) is 7.68. The van der Waals surface area contributed by atoms with Gasteiger partial charge in [0.05, 0.1) is 27.9 Å². The lowest BCUT2D eigenvalue weighted by atomic mass is 10.0. The molecule has 0 saturated heterocycles. The average molecular weight is 385 g/mol. The monoisotopic (exact) mass is 385 g/mol. The van der Waals surface area contributed by atoms with E-state index in [0.717, 1.165) is 15.6 Å². The third-order valence-corrected chi connectivity index (χ3v) is 5.37. The number of hydrogen-bond acceptors (Lipinski definition) is 5. The van der Waals surface area contributed by atoms with Crippen molar-refractivity contribution in [1.29, 1.82) is 0 Å². The van der Waals surface area contributed by atoms with Gasteiger partial charge >= 0.3 is 0 Å². The van der Waals surface area contributed by atoms with Gasteiger partial charge in [-0.05, 0) is 38.3 Å². The van der Waals surface area contributed by atoms with Gasteiger partial charge in [-0.25, -0.2) is 4.98 Å². The van der Waals surface area contributed by atoms with Crippen LogP contribution >= 0.6 is 11.3 Å². The van der Waals surface area contributed by atoms with Gasteiger partial charge in [-0.2, -0.15) is 0 Å². The third kappa shape index (κ3) is 3.78. The summed E-state index contributed by atoms with van der Waals surface area (Å²) in [5.74, 6) is -1.01. The Hall–Kier alpha value is -2.54. The van der Waals surface area contributed by atoms with Gasteiger partial charge in [-0.15, -0.1) is 11.3 Å². The van der Waals surface area contributed by atoms with Crippen LogP contribution in [0.2, 0.25) is 0 Å². The summed E-state index contributed by atoms with van der Waals surface area (Å²) in [4.78, 5) is 44.1. The number of thiazole rings is 1. The van der Waals surface area contributed by atoms with E-state index in [1.54, 1.807) is 24.3 Å². The van der Waals surface area contributed by atoms with Crippen molar-refractivity contribution in [2.24, 2.45) is 5.92 Å². The van der Waals surface area contributed by atoms with Gasteiger partial charge < -0.3 is 5.32 Å². The minimum absolute atomic E-state index is 0.141. The average Bonchev–Trinajstić information content (AvgIpc) is 3.16. The Balaban J connectivity index is 1.85. The number of rotatable bonds is 6. The van der Waals surface area contributed by atoms with Crippen LogP contribution in [-0.2, 0) is 4.79 Å². The van der Waals surface area contributed by atoms with E-state index in [2.05, 4.69) is 10.3 Å². The predicted molar refractivity (Wildman–Crippen MR) is 104 cm³/mol. The molecule has 0 radical (unpaired) electrons. The molecular formula is C20H23N3O3S. The summed E-state index contributed by atoms with van der Waals surface area (Å²) in [6, 6.07) is 5.54. The molecule has 1 aliphatic rings. The van der Waals surface area contributed by atoms with Crippen molar-refractivity contribution in [2.75, 3.05) is 0 Å². The van der Waals surface area contributed by atoms with Gasteiger partial charge in [-0.1, -0.05) is 26.0 Å². The minimum Gasteiger partial charge on any atom is -0.346 e. The Morgan fingerprint density at radius 1 is 1.15 bits per heavy atom. The van der Waals surface area contributed by atoms with E-state index in [-0.39, 0.29) is 17.9 Å². The maximum Gasteiger partial charge on any atom is 0.262 e. The standard InChI is InChI=1S/C20H23N3O3S/c1-11(2)9-17(18(24)21-12(3)16-10-27-13(4)22-16)23-19(25)14-7-5-6-8-15(14)20(23)26/h5-8,10-12,17H,9H2,1-4H3,(H,21,24). The number of nitrogens with one attached hydrogen (secondary N) is 1. The van der Waals surface area contributed by atoms with Crippen LogP contribution in [-0.4, -0.2) is 33.6 Å². The molecule has 0 aliphatic carbocycles. The second-order valence-electron chi connectivity index (χ2n) is 7.19. The fourth-order valence-corrected chi connectivity index (χ4v) is 3.94. The fraction of sp³-hybridized carbons (Fsp3) is 0.400. The second kappa shape index (κ2) is 7.60. The van der Waals surface area contributed by atoms with Crippen LogP contribution in [0, 0.1) is 12.8 Å². The van der Waals surface area contributed by atoms with Crippen LogP contribution < -0.4 is 5.32 Å². The lowest BCUT2D eigenvalue weighted by molar-refractivity contribution is -0.126. The van der Waals surface area contributed by atoms with Crippen LogP contribution in [0.25, 0.3) is 0 Å². The normalized spacial score (nSPS) is 15.8. The first-order valence-electron chi connectivity index (χ1n) is 8.99. The lowest BCUT2D eigenvalue weighted by Gasteiger charge is -2.28. The molecule has 6 nitrogen and oxygen atoms in total. The molecule has 1 aromatic carbocycles.